The molecule has 2 atom stereocenters. The molecule has 2 heterocycles. The Morgan fingerprint density at radius 2 is 1.06 bits per heavy atom. The van der Waals surface area contributed by atoms with Gasteiger partial charge in [-0.2, -0.15) is 0 Å². The fraction of sp³-hybridized carbons (Fsp3) is 1.00. The van der Waals surface area contributed by atoms with E-state index in [0.717, 1.165) is 25.7 Å². The largest absolute Gasteiger partial charge is 0.347 e. The van der Waals surface area contributed by atoms with Crippen molar-refractivity contribution in [2.24, 2.45) is 0 Å². The first kappa shape index (κ1) is 14.3. The summed E-state index contributed by atoms with van der Waals surface area (Å²) < 4.78 is 23.9. The summed E-state index contributed by atoms with van der Waals surface area (Å²) in [5.74, 6) is -0.810. The van der Waals surface area contributed by atoms with Crippen LogP contribution in [0.1, 0.15) is 53.4 Å². The van der Waals surface area contributed by atoms with E-state index in [-0.39, 0.29) is 12.2 Å². The fourth-order valence-electron chi connectivity index (χ4n) is 2.76. The van der Waals surface area contributed by atoms with Gasteiger partial charge >= 0.3 is 0 Å². The lowest BCUT2D eigenvalue weighted by molar-refractivity contribution is -0.203. The van der Waals surface area contributed by atoms with Crippen molar-refractivity contribution in [3.63, 3.8) is 0 Å². The van der Waals surface area contributed by atoms with Crippen LogP contribution in [-0.2, 0) is 18.9 Å². The summed E-state index contributed by atoms with van der Waals surface area (Å²) in [6.07, 6.45) is 3.51. The van der Waals surface area contributed by atoms with E-state index in [1.54, 1.807) is 0 Å². The minimum atomic E-state index is -0.405. The molecular formula is C14H26O4. The molecule has 0 radical (unpaired) electrons. The second-order valence-electron chi connectivity index (χ2n) is 5.17. The van der Waals surface area contributed by atoms with Crippen LogP contribution in [0.4, 0.5) is 0 Å². The van der Waals surface area contributed by atoms with Gasteiger partial charge < -0.3 is 18.9 Å². The quantitative estimate of drug-likeness (QED) is 0.760. The zero-order valence-corrected chi connectivity index (χ0v) is 12.0. The van der Waals surface area contributed by atoms with Gasteiger partial charge in [0.2, 0.25) is 0 Å². The molecule has 2 fully saturated rings. The van der Waals surface area contributed by atoms with Crippen LogP contribution < -0.4 is 0 Å². The van der Waals surface area contributed by atoms with Gasteiger partial charge in [0.25, 0.3) is 0 Å². The normalized spacial score (nSPS) is 34.0. The lowest BCUT2D eigenvalue weighted by atomic mass is 10.1. The molecule has 18 heavy (non-hydrogen) atoms. The molecular weight excluding hydrogens is 232 g/mol. The van der Waals surface area contributed by atoms with E-state index >= 15 is 0 Å². The van der Waals surface area contributed by atoms with Gasteiger partial charge in [0.1, 0.15) is 12.2 Å². The van der Waals surface area contributed by atoms with Crippen molar-refractivity contribution in [3.05, 3.63) is 0 Å². The fourth-order valence-corrected chi connectivity index (χ4v) is 2.76. The van der Waals surface area contributed by atoms with Gasteiger partial charge in [-0.15, -0.1) is 0 Å². The third-order valence-electron chi connectivity index (χ3n) is 4.32. The summed E-state index contributed by atoms with van der Waals surface area (Å²) in [7, 11) is 0. The summed E-state index contributed by atoms with van der Waals surface area (Å²) >= 11 is 0. The van der Waals surface area contributed by atoms with Gasteiger partial charge in [0.15, 0.2) is 11.6 Å². The molecule has 4 heteroatoms. The highest BCUT2D eigenvalue weighted by molar-refractivity contribution is 4.87. The van der Waals surface area contributed by atoms with Crippen LogP contribution in [0, 0.1) is 0 Å². The highest BCUT2D eigenvalue weighted by atomic mass is 16.8. The highest BCUT2D eigenvalue weighted by Gasteiger charge is 2.48. The van der Waals surface area contributed by atoms with Crippen molar-refractivity contribution >= 4 is 0 Å². The monoisotopic (exact) mass is 258 g/mol. The van der Waals surface area contributed by atoms with Gasteiger partial charge in [0.05, 0.1) is 13.2 Å². The van der Waals surface area contributed by atoms with Crippen LogP contribution in [-0.4, -0.2) is 37.0 Å². The third kappa shape index (κ3) is 2.44. The molecule has 0 amide bonds. The maximum atomic E-state index is 6.09. The summed E-state index contributed by atoms with van der Waals surface area (Å²) in [5, 5.41) is 0. The molecule has 0 bridgehead atoms. The molecule has 0 aromatic carbocycles. The molecule has 0 unspecified atom stereocenters. The van der Waals surface area contributed by atoms with Gasteiger partial charge in [0, 0.05) is 0 Å². The minimum absolute atomic E-state index is 0.00451. The number of ether oxygens (including phenoxy) is 4. The zero-order chi connectivity index (χ0) is 13.2. The standard InChI is InChI=1S/C14H26O4/c1-5-13(6-2)15-9-11(17-13)12-10-16-14(7-3,8-4)18-12/h11-12H,5-10H2,1-4H3/t11-,12+. The Morgan fingerprint density at radius 3 is 1.28 bits per heavy atom. The number of hydrogen-bond donors (Lipinski definition) is 0. The average molecular weight is 258 g/mol. The summed E-state index contributed by atoms with van der Waals surface area (Å²) in [6.45, 7) is 9.61. The average Bonchev–Trinajstić information content (AvgIpc) is 3.04. The van der Waals surface area contributed by atoms with Crippen LogP contribution in [0.25, 0.3) is 0 Å². The van der Waals surface area contributed by atoms with E-state index in [1.165, 1.54) is 0 Å². The molecule has 4 nitrogen and oxygen atoms in total. The molecule has 2 saturated heterocycles. The molecule has 106 valence electrons. The maximum Gasteiger partial charge on any atom is 0.168 e. The zero-order valence-electron chi connectivity index (χ0n) is 12.0. The van der Waals surface area contributed by atoms with Crippen LogP contribution in [0.2, 0.25) is 0 Å². The Labute approximate surface area is 110 Å². The molecule has 0 N–H and O–H groups in total. The van der Waals surface area contributed by atoms with Crippen molar-refractivity contribution in [2.45, 2.75) is 77.2 Å². The first-order chi connectivity index (χ1) is 8.62. The summed E-state index contributed by atoms with van der Waals surface area (Å²) in [4.78, 5) is 0. The van der Waals surface area contributed by atoms with Crippen molar-refractivity contribution < 1.29 is 18.9 Å². The predicted octanol–water partition coefficient (Wildman–Crippen LogP) is 2.85. The highest BCUT2D eigenvalue weighted by Crippen LogP contribution is 2.37. The number of hydrogen-bond acceptors (Lipinski definition) is 4. The molecule has 0 aromatic rings. The van der Waals surface area contributed by atoms with E-state index < -0.39 is 11.6 Å². The van der Waals surface area contributed by atoms with E-state index in [0.29, 0.717) is 13.2 Å². The van der Waals surface area contributed by atoms with Crippen molar-refractivity contribution in [2.75, 3.05) is 13.2 Å². The van der Waals surface area contributed by atoms with Crippen LogP contribution in [0.3, 0.4) is 0 Å². The Morgan fingerprint density at radius 1 is 0.722 bits per heavy atom. The predicted molar refractivity (Wildman–Crippen MR) is 68.3 cm³/mol. The second-order valence-corrected chi connectivity index (χ2v) is 5.17. The molecule has 0 aromatic heterocycles. The maximum absolute atomic E-state index is 6.09. The topological polar surface area (TPSA) is 36.9 Å². The molecule has 0 spiro atoms. The minimum Gasteiger partial charge on any atom is -0.347 e. The SMILES string of the molecule is CCC1(CC)OC[C@@H]([C@H]2COC(CC)(CC)O2)O1. The first-order valence-electron chi connectivity index (χ1n) is 7.26. The Hall–Kier alpha value is -0.160. The van der Waals surface area contributed by atoms with E-state index in [4.69, 9.17) is 18.9 Å². The van der Waals surface area contributed by atoms with Crippen molar-refractivity contribution in [1.29, 1.82) is 0 Å². The Kier molecular flexibility index (Phi) is 4.32. The molecule has 2 rings (SSSR count). The lowest BCUT2D eigenvalue weighted by Crippen LogP contribution is -2.36. The van der Waals surface area contributed by atoms with Crippen LogP contribution in [0.5, 0.6) is 0 Å². The third-order valence-corrected chi connectivity index (χ3v) is 4.32. The van der Waals surface area contributed by atoms with Crippen molar-refractivity contribution in [1.82, 2.24) is 0 Å². The van der Waals surface area contributed by atoms with Gasteiger partial charge in [-0.25, -0.2) is 0 Å². The van der Waals surface area contributed by atoms with Crippen LogP contribution >= 0.6 is 0 Å². The molecule has 0 aliphatic carbocycles. The van der Waals surface area contributed by atoms with Gasteiger partial charge in [-0.05, 0) is 25.7 Å². The summed E-state index contributed by atoms with van der Waals surface area (Å²) in [6, 6.07) is 0. The summed E-state index contributed by atoms with van der Waals surface area (Å²) in [5.41, 5.74) is 0. The van der Waals surface area contributed by atoms with Gasteiger partial charge in [-0.1, -0.05) is 27.7 Å². The molecule has 2 aliphatic heterocycles. The number of rotatable bonds is 5. The van der Waals surface area contributed by atoms with E-state index in [1.807, 2.05) is 0 Å². The molecule has 0 saturated carbocycles. The Balaban J connectivity index is 1.96. The Bertz CT molecular complexity index is 243. The van der Waals surface area contributed by atoms with Crippen molar-refractivity contribution in [3.8, 4) is 0 Å². The van der Waals surface area contributed by atoms with Crippen LogP contribution in [0.15, 0.2) is 0 Å². The second kappa shape index (κ2) is 5.45. The van der Waals surface area contributed by atoms with Gasteiger partial charge in [-0.3, -0.25) is 0 Å². The van der Waals surface area contributed by atoms with E-state index in [9.17, 15) is 0 Å². The lowest BCUT2D eigenvalue weighted by Gasteiger charge is -2.28. The molecule has 2 aliphatic rings. The van der Waals surface area contributed by atoms with E-state index in [2.05, 4.69) is 27.7 Å². The first-order valence-corrected chi connectivity index (χ1v) is 7.26. The smallest absolute Gasteiger partial charge is 0.168 e.